The second kappa shape index (κ2) is 5.88. The second-order valence-corrected chi connectivity index (χ2v) is 4.76. The molecule has 0 radical (unpaired) electrons. The number of rotatable bonds is 4. The lowest BCUT2D eigenvalue weighted by molar-refractivity contribution is 0.0885. The van der Waals surface area contributed by atoms with Gasteiger partial charge in [-0.3, -0.25) is 9.97 Å². The Morgan fingerprint density at radius 1 is 1.30 bits per heavy atom. The Hall–Kier alpha value is -2.14. The van der Waals surface area contributed by atoms with Crippen LogP contribution in [-0.4, -0.2) is 29.2 Å². The molecule has 5 nitrogen and oxygen atoms in total. The standard InChI is InChI=1S/C15H17N3O2/c1-11(13-9-16-6-7-17-13)18-8-12-10-19-14-4-2-3-5-15(14)20-12/h2-7,9,11-12,18H,8,10H2,1H3. The van der Waals surface area contributed by atoms with E-state index >= 15 is 0 Å². The quantitative estimate of drug-likeness (QED) is 0.921. The van der Waals surface area contributed by atoms with Crippen molar-refractivity contribution in [2.24, 2.45) is 0 Å². The fourth-order valence-electron chi connectivity index (χ4n) is 2.11. The molecule has 1 N–H and O–H groups in total. The van der Waals surface area contributed by atoms with Gasteiger partial charge in [0.05, 0.1) is 5.69 Å². The van der Waals surface area contributed by atoms with Gasteiger partial charge in [-0.25, -0.2) is 0 Å². The highest BCUT2D eigenvalue weighted by atomic mass is 16.6. The lowest BCUT2D eigenvalue weighted by Crippen LogP contribution is -2.39. The molecule has 2 unspecified atom stereocenters. The van der Waals surface area contributed by atoms with Crippen molar-refractivity contribution in [1.82, 2.24) is 15.3 Å². The summed E-state index contributed by atoms with van der Waals surface area (Å²) in [5, 5.41) is 3.39. The third-order valence-electron chi connectivity index (χ3n) is 3.25. The Labute approximate surface area is 118 Å². The summed E-state index contributed by atoms with van der Waals surface area (Å²) in [4.78, 5) is 8.35. The second-order valence-electron chi connectivity index (χ2n) is 4.76. The van der Waals surface area contributed by atoms with Gasteiger partial charge in [0.2, 0.25) is 0 Å². The Morgan fingerprint density at radius 2 is 2.15 bits per heavy atom. The third kappa shape index (κ3) is 2.88. The van der Waals surface area contributed by atoms with Crippen LogP contribution in [0, 0.1) is 0 Å². The summed E-state index contributed by atoms with van der Waals surface area (Å²) in [6.45, 7) is 3.31. The molecule has 2 aromatic rings. The molecule has 0 saturated heterocycles. The molecule has 1 aliphatic rings. The predicted molar refractivity (Wildman–Crippen MR) is 74.8 cm³/mol. The van der Waals surface area contributed by atoms with Crippen LogP contribution in [0.25, 0.3) is 0 Å². The normalized spacial score (nSPS) is 18.6. The van der Waals surface area contributed by atoms with Gasteiger partial charge < -0.3 is 14.8 Å². The first-order valence-electron chi connectivity index (χ1n) is 6.70. The number of hydrogen-bond donors (Lipinski definition) is 1. The highest BCUT2D eigenvalue weighted by molar-refractivity contribution is 5.40. The van der Waals surface area contributed by atoms with Gasteiger partial charge in [0.25, 0.3) is 0 Å². The number of hydrogen-bond acceptors (Lipinski definition) is 5. The molecule has 5 heteroatoms. The topological polar surface area (TPSA) is 56.3 Å². The Kier molecular flexibility index (Phi) is 3.78. The zero-order chi connectivity index (χ0) is 13.8. The molecule has 0 amide bonds. The van der Waals surface area contributed by atoms with Crippen LogP contribution in [0.5, 0.6) is 11.5 Å². The molecule has 0 aliphatic carbocycles. The molecular weight excluding hydrogens is 254 g/mol. The zero-order valence-electron chi connectivity index (χ0n) is 11.3. The van der Waals surface area contributed by atoms with E-state index in [1.807, 2.05) is 24.3 Å². The van der Waals surface area contributed by atoms with Crippen molar-refractivity contribution in [3.05, 3.63) is 48.5 Å². The van der Waals surface area contributed by atoms with Crippen molar-refractivity contribution in [1.29, 1.82) is 0 Å². The Bertz CT molecular complexity index is 562. The average Bonchev–Trinajstić information content (AvgIpc) is 2.53. The van der Waals surface area contributed by atoms with Gasteiger partial charge in [0, 0.05) is 31.2 Å². The first-order chi connectivity index (χ1) is 9.83. The van der Waals surface area contributed by atoms with E-state index in [1.54, 1.807) is 18.6 Å². The van der Waals surface area contributed by atoms with Gasteiger partial charge in [0.15, 0.2) is 11.5 Å². The van der Waals surface area contributed by atoms with E-state index < -0.39 is 0 Å². The molecule has 0 saturated carbocycles. The van der Waals surface area contributed by atoms with E-state index in [0.29, 0.717) is 13.2 Å². The van der Waals surface area contributed by atoms with Crippen LogP contribution in [0.4, 0.5) is 0 Å². The number of nitrogens with one attached hydrogen (secondary N) is 1. The van der Waals surface area contributed by atoms with E-state index in [9.17, 15) is 0 Å². The van der Waals surface area contributed by atoms with Crippen LogP contribution in [-0.2, 0) is 0 Å². The first kappa shape index (κ1) is 12.9. The molecule has 1 aromatic heterocycles. The average molecular weight is 271 g/mol. The molecule has 0 fully saturated rings. The molecule has 1 aromatic carbocycles. The van der Waals surface area contributed by atoms with Crippen LogP contribution in [0.3, 0.4) is 0 Å². The van der Waals surface area contributed by atoms with Crippen molar-refractivity contribution >= 4 is 0 Å². The zero-order valence-corrected chi connectivity index (χ0v) is 11.3. The maximum Gasteiger partial charge on any atom is 0.161 e. The van der Waals surface area contributed by atoms with Gasteiger partial charge in [-0.05, 0) is 19.1 Å². The highest BCUT2D eigenvalue weighted by Gasteiger charge is 2.21. The minimum absolute atomic E-state index is 0.00372. The molecule has 2 heterocycles. The first-order valence-corrected chi connectivity index (χ1v) is 6.70. The fraction of sp³-hybridized carbons (Fsp3) is 0.333. The van der Waals surface area contributed by atoms with Gasteiger partial charge in [0.1, 0.15) is 12.7 Å². The minimum Gasteiger partial charge on any atom is -0.486 e. The number of fused-ring (bicyclic) bond motifs is 1. The van der Waals surface area contributed by atoms with Crippen molar-refractivity contribution in [3.8, 4) is 11.5 Å². The summed E-state index contributed by atoms with van der Waals surface area (Å²) in [6, 6.07) is 7.86. The third-order valence-corrected chi connectivity index (χ3v) is 3.25. The smallest absolute Gasteiger partial charge is 0.161 e. The van der Waals surface area contributed by atoms with Gasteiger partial charge in [-0.1, -0.05) is 12.1 Å². The largest absolute Gasteiger partial charge is 0.486 e. The van der Waals surface area contributed by atoms with E-state index in [0.717, 1.165) is 17.2 Å². The summed E-state index contributed by atoms with van der Waals surface area (Å²) < 4.78 is 11.6. The number of para-hydroxylation sites is 2. The number of benzene rings is 1. The molecule has 3 rings (SSSR count). The van der Waals surface area contributed by atoms with Crippen molar-refractivity contribution in [2.45, 2.75) is 19.1 Å². The monoisotopic (exact) mass is 271 g/mol. The molecule has 104 valence electrons. The van der Waals surface area contributed by atoms with Crippen LogP contribution in [0.15, 0.2) is 42.9 Å². The van der Waals surface area contributed by atoms with Crippen molar-refractivity contribution < 1.29 is 9.47 Å². The molecule has 1 aliphatic heterocycles. The summed E-state index contributed by atoms with van der Waals surface area (Å²) >= 11 is 0. The highest BCUT2D eigenvalue weighted by Crippen LogP contribution is 2.30. The number of ether oxygens (including phenoxy) is 2. The number of aromatic nitrogens is 2. The number of nitrogens with zero attached hydrogens (tertiary/aromatic N) is 2. The van der Waals surface area contributed by atoms with Crippen molar-refractivity contribution in [2.75, 3.05) is 13.2 Å². The minimum atomic E-state index is 0.00372. The SMILES string of the molecule is CC(NCC1COc2ccccc2O1)c1cnccn1. The van der Waals surface area contributed by atoms with Crippen LogP contribution in [0.2, 0.25) is 0 Å². The molecule has 0 bridgehead atoms. The fourth-order valence-corrected chi connectivity index (χ4v) is 2.11. The van der Waals surface area contributed by atoms with Crippen LogP contribution >= 0.6 is 0 Å². The Morgan fingerprint density at radius 3 is 2.95 bits per heavy atom. The van der Waals surface area contributed by atoms with E-state index in [1.165, 1.54) is 0 Å². The van der Waals surface area contributed by atoms with Crippen molar-refractivity contribution in [3.63, 3.8) is 0 Å². The lowest BCUT2D eigenvalue weighted by Gasteiger charge is -2.27. The van der Waals surface area contributed by atoms with E-state index in [-0.39, 0.29) is 12.1 Å². The summed E-state index contributed by atoms with van der Waals surface area (Å²) in [6.07, 6.45) is 5.14. The molecular formula is C15H17N3O2. The van der Waals surface area contributed by atoms with Gasteiger partial charge in [-0.15, -0.1) is 0 Å². The van der Waals surface area contributed by atoms with E-state index in [4.69, 9.17) is 9.47 Å². The maximum atomic E-state index is 5.89. The summed E-state index contributed by atoms with van der Waals surface area (Å²) in [7, 11) is 0. The predicted octanol–water partition coefficient (Wildman–Crippen LogP) is 1.97. The molecule has 20 heavy (non-hydrogen) atoms. The molecule has 2 atom stereocenters. The van der Waals surface area contributed by atoms with Crippen LogP contribution < -0.4 is 14.8 Å². The summed E-state index contributed by atoms with van der Waals surface area (Å²) in [5.74, 6) is 1.61. The molecule has 0 spiro atoms. The van der Waals surface area contributed by atoms with Gasteiger partial charge in [-0.2, -0.15) is 0 Å². The Balaban J connectivity index is 1.55. The summed E-state index contributed by atoms with van der Waals surface area (Å²) in [5.41, 5.74) is 0.921. The van der Waals surface area contributed by atoms with E-state index in [2.05, 4.69) is 22.2 Å². The van der Waals surface area contributed by atoms with Gasteiger partial charge >= 0.3 is 0 Å². The van der Waals surface area contributed by atoms with Crippen LogP contribution in [0.1, 0.15) is 18.7 Å². The maximum absolute atomic E-state index is 5.89. The lowest BCUT2D eigenvalue weighted by atomic mass is 10.2.